The molecule has 6 N–H and O–H groups in total. The number of likely N-dealkylation sites (N-methyl/N-ethyl adjacent to an activating group) is 1. The maximum atomic E-state index is 14.5. The molecule has 7 rings (SSSR count). The van der Waals surface area contributed by atoms with E-state index in [9.17, 15) is 38.7 Å². The summed E-state index contributed by atoms with van der Waals surface area (Å²) < 4.78 is -1.82. The Morgan fingerprint density at radius 1 is 0.486 bits per heavy atom. The van der Waals surface area contributed by atoms with Crippen LogP contribution in [0.25, 0.3) is 0 Å². The van der Waals surface area contributed by atoms with Crippen molar-refractivity contribution in [3.05, 3.63) is 215 Å². The molecule has 3 atom stereocenters. The van der Waals surface area contributed by atoms with Crippen molar-refractivity contribution in [1.82, 2.24) is 31.5 Å². The smallest absolute Gasteiger partial charge is 0.303 e. The standard InChI is InChI=1S/C56H56N6O8S2/c1-62-36-50(65)61-47(38-72-56(42-26-14-5-15-27-42,43-28-16-6-17-29-43)44-30-18-7-19-31-44)53(69)58-35-49(64)60-46(52(68)57-34-48(63)59-45(54(62)70)32-33-51(66)67)37-71-55(39-20-8-2-9-21-39,40-22-10-3-11-23-40)41-24-12-4-13-25-41/h2-31,45-47H,32-38H2,1H3,(H,57,68)(H,58,69)(H,59,63)(H,60,64)(H,61,65)(H,66,67)/t45-,46-,47-/m0/s1. The lowest BCUT2D eigenvalue weighted by Crippen LogP contribution is -2.57. The quantitative estimate of drug-likeness (QED) is 0.0718. The first-order valence-corrected chi connectivity index (χ1v) is 25.4. The molecule has 0 aromatic heterocycles. The summed E-state index contributed by atoms with van der Waals surface area (Å²) in [6.45, 7) is -1.79. The Morgan fingerprint density at radius 3 is 1.08 bits per heavy atom. The second-order valence-corrected chi connectivity index (χ2v) is 19.6. The van der Waals surface area contributed by atoms with Gasteiger partial charge in [0, 0.05) is 25.0 Å². The summed E-state index contributed by atoms with van der Waals surface area (Å²) in [5.41, 5.74) is 5.39. The van der Waals surface area contributed by atoms with E-state index in [0.29, 0.717) is 0 Å². The van der Waals surface area contributed by atoms with Gasteiger partial charge in [0.15, 0.2) is 0 Å². The Morgan fingerprint density at radius 2 is 0.778 bits per heavy atom. The summed E-state index contributed by atoms with van der Waals surface area (Å²) in [5, 5.41) is 23.0. The fourth-order valence-corrected chi connectivity index (χ4v) is 11.8. The first-order chi connectivity index (χ1) is 34.9. The summed E-state index contributed by atoms with van der Waals surface area (Å²) in [6, 6.07) is 54.5. The van der Waals surface area contributed by atoms with E-state index in [1.807, 2.05) is 182 Å². The summed E-state index contributed by atoms with van der Waals surface area (Å²) in [4.78, 5) is 97.0. The van der Waals surface area contributed by atoms with Gasteiger partial charge in [-0.05, 0) is 39.8 Å². The molecule has 6 aromatic rings. The maximum Gasteiger partial charge on any atom is 0.303 e. The van der Waals surface area contributed by atoms with Crippen molar-refractivity contribution in [2.24, 2.45) is 0 Å². The molecule has 6 aromatic carbocycles. The minimum atomic E-state index is -1.39. The van der Waals surface area contributed by atoms with Gasteiger partial charge in [0.1, 0.15) is 18.1 Å². The van der Waals surface area contributed by atoms with E-state index in [1.54, 1.807) is 0 Å². The number of carbonyl (C=O) groups is 7. The summed E-state index contributed by atoms with van der Waals surface area (Å²) in [7, 11) is 1.32. The average molecular weight is 1010 g/mol. The molecule has 0 unspecified atom stereocenters. The highest BCUT2D eigenvalue weighted by molar-refractivity contribution is 8.01. The molecule has 16 heteroatoms. The predicted octanol–water partition coefficient (Wildman–Crippen LogP) is 5.46. The highest BCUT2D eigenvalue weighted by atomic mass is 32.2. The number of hydrogen-bond acceptors (Lipinski definition) is 9. The van der Waals surface area contributed by atoms with E-state index in [2.05, 4.69) is 26.6 Å². The molecule has 1 saturated heterocycles. The van der Waals surface area contributed by atoms with Crippen LogP contribution in [0.15, 0.2) is 182 Å². The molecule has 0 bridgehead atoms. The third-order valence-corrected chi connectivity index (χ3v) is 15.5. The van der Waals surface area contributed by atoms with Crippen LogP contribution < -0.4 is 26.6 Å². The molecule has 14 nitrogen and oxygen atoms in total. The van der Waals surface area contributed by atoms with Crippen LogP contribution in [-0.2, 0) is 43.1 Å². The fourth-order valence-electron chi connectivity index (χ4n) is 8.72. The molecule has 1 fully saturated rings. The second-order valence-electron chi connectivity index (χ2n) is 17.1. The zero-order valence-corrected chi connectivity index (χ0v) is 41.2. The van der Waals surface area contributed by atoms with Crippen LogP contribution in [-0.4, -0.2) is 108 Å². The van der Waals surface area contributed by atoms with Crippen molar-refractivity contribution in [2.45, 2.75) is 40.5 Å². The fraction of sp³-hybridized carbons (Fsp3) is 0.232. The van der Waals surface area contributed by atoms with Crippen LogP contribution in [0.4, 0.5) is 0 Å². The first-order valence-electron chi connectivity index (χ1n) is 23.4. The first kappa shape index (κ1) is 52.1. The largest absolute Gasteiger partial charge is 0.481 e. The van der Waals surface area contributed by atoms with Crippen molar-refractivity contribution in [2.75, 3.05) is 38.2 Å². The monoisotopic (exact) mass is 1000 g/mol. The number of carbonyl (C=O) groups excluding carboxylic acids is 6. The van der Waals surface area contributed by atoms with Crippen LogP contribution in [0.3, 0.4) is 0 Å². The Balaban J connectivity index is 1.23. The van der Waals surface area contributed by atoms with Crippen LogP contribution in [0.5, 0.6) is 0 Å². The number of thioether (sulfide) groups is 2. The Hall–Kier alpha value is -7.69. The lowest BCUT2D eigenvalue weighted by Gasteiger charge is -2.36. The van der Waals surface area contributed by atoms with Gasteiger partial charge in [-0.2, -0.15) is 0 Å². The van der Waals surface area contributed by atoms with Crippen molar-refractivity contribution >= 4 is 64.9 Å². The van der Waals surface area contributed by atoms with Gasteiger partial charge in [-0.1, -0.05) is 182 Å². The molecule has 1 aliphatic rings. The number of rotatable bonds is 15. The van der Waals surface area contributed by atoms with Gasteiger partial charge in [0.25, 0.3) is 0 Å². The molecule has 72 heavy (non-hydrogen) atoms. The van der Waals surface area contributed by atoms with Crippen LogP contribution in [0.2, 0.25) is 0 Å². The topological polar surface area (TPSA) is 203 Å². The van der Waals surface area contributed by atoms with Gasteiger partial charge < -0.3 is 36.6 Å². The highest BCUT2D eigenvalue weighted by Crippen LogP contribution is 2.50. The molecule has 0 spiro atoms. The van der Waals surface area contributed by atoms with E-state index in [-0.39, 0.29) is 17.9 Å². The lowest BCUT2D eigenvalue weighted by molar-refractivity contribution is -0.140. The van der Waals surface area contributed by atoms with Gasteiger partial charge in [-0.15, -0.1) is 23.5 Å². The van der Waals surface area contributed by atoms with E-state index in [1.165, 1.54) is 30.6 Å². The Kier molecular flexibility index (Phi) is 18.0. The van der Waals surface area contributed by atoms with Gasteiger partial charge in [0.05, 0.1) is 29.1 Å². The minimum absolute atomic E-state index is 0.0327. The second kappa shape index (κ2) is 24.9. The van der Waals surface area contributed by atoms with Crippen LogP contribution in [0, 0.1) is 0 Å². The van der Waals surface area contributed by atoms with E-state index in [0.717, 1.165) is 38.3 Å². The number of amides is 6. The SMILES string of the molecule is CN1CC(=O)N[C@@H](CSC(c2ccccc2)(c2ccccc2)c2ccccc2)C(=O)NCC(=O)N[C@@H](CSC(c2ccccc2)(c2ccccc2)c2ccccc2)C(=O)NCC(=O)N[C@@H](CCC(=O)O)C1=O. The van der Waals surface area contributed by atoms with Crippen molar-refractivity contribution < 1.29 is 38.7 Å². The van der Waals surface area contributed by atoms with Gasteiger partial charge in [-0.3, -0.25) is 33.6 Å². The maximum absolute atomic E-state index is 14.5. The molecule has 6 amide bonds. The number of hydrogen-bond donors (Lipinski definition) is 6. The molecule has 1 aliphatic heterocycles. The molecule has 0 aliphatic carbocycles. The van der Waals surface area contributed by atoms with Crippen LogP contribution in [0.1, 0.15) is 46.2 Å². The van der Waals surface area contributed by atoms with Crippen LogP contribution >= 0.6 is 23.5 Å². The van der Waals surface area contributed by atoms with Crippen molar-refractivity contribution in [3.63, 3.8) is 0 Å². The highest BCUT2D eigenvalue weighted by Gasteiger charge is 2.41. The van der Waals surface area contributed by atoms with E-state index < -0.39 is 95.1 Å². The zero-order valence-electron chi connectivity index (χ0n) is 39.6. The molecular weight excluding hydrogens is 949 g/mol. The molecule has 370 valence electrons. The molecule has 0 radical (unpaired) electrons. The number of aliphatic carboxylic acids is 1. The normalized spacial score (nSPS) is 17.8. The summed E-state index contributed by atoms with van der Waals surface area (Å²) in [6.07, 6.45) is -0.816. The average Bonchev–Trinajstić information content (AvgIpc) is 3.41. The number of carboxylic acid groups (broad SMARTS) is 1. The molecule has 1 heterocycles. The van der Waals surface area contributed by atoms with Gasteiger partial charge in [0.2, 0.25) is 35.4 Å². The van der Waals surface area contributed by atoms with Crippen molar-refractivity contribution in [1.29, 1.82) is 0 Å². The number of nitrogens with zero attached hydrogens (tertiary/aromatic N) is 1. The third-order valence-electron chi connectivity index (χ3n) is 12.2. The zero-order chi connectivity index (χ0) is 50.9. The van der Waals surface area contributed by atoms with E-state index in [4.69, 9.17) is 0 Å². The van der Waals surface area contributed by atoms with E-state index >= 15 is 0 Å². The Bertz CT molecular complexity index is 2600. The Labute approximate surface area is 427 Å². The van der Waals surface area contributed by atoms with Crippen molar-refractivity contribution in [3.8, 4) is 0 Å². The summed E-state index contributed by atoms with van der Waals surface area (Å²) >= 11 is 2.79. The van der Waals surface area contributed by atoms with Gasteiger partial charge in [-0.25, -0.2) is 0 Å². The minimum Gasteiger partial charge on any atom is -0.481 e. The molecule has 0 saturated carbocycles. The lowest BCUT2D eigenvalue weighted by atomic mass is 9.84. The number of carboxylic acids is 1. The summed E-state index contributed by atoms with van der Waals surface area (Å²) in [5.74, 6) is -5.74. The predicted molar refractivity (Wildman–Crippen MR) is 280 cm³/mol. The number of benzene rings is 6. The molecular formula is C56H56N6O8S2. The van der Waals surface area contributed by atoms with Gasteiger partial charge >= 0.3 is 5.97 Å². The number of nitrogens with one attached hydrogen (secondary N) is 5. The third kappa shape index (κ3) is 12.8.